The molecule has 0 heteroatoms. The lowest BCUT2D eigenvalue weighted by atomic mass is 9.79. The first-order chi connectivity index (χ1) is 11.4. The molecule has 0 saturated heterocycles. The lowest BCUT2D eigenvalue weighted by Crippen LogP contribution is -2.16. The Morgan fingerprint density at radius 1 is 0.792 bits per heavy atom. The molecule has 0 aliphatic heterocycles. The molecule has 0 aromatic heterocycles. The molecule has 0 aromatic rings. The van der Waals surface area contributed by atoms with E-state index in [4.69, 9.17) is 0 Å². The van der Waals surface area contributed by atoms with Crippen LogP contribution in [-0.4, -0.2) is 0 Å². The summed E-state index contributed by atoms with van der Waals surface area (Å²) < 4.78 is 0. The molecule has 144 valence electrons. The molecule has 0 aliphatic rings. The standard InChI is InChI=1S/C24H48/c1-9-13-23(11-3)18-22(8)21(7)17-19(5)15-16-20(6)24(12-4)14-10-2/h12,19-23H,9-11,13-18H2,1-8H3. The summed E-state index contributed by atoms with van der Waals surface area (Å²) >= 11 is 0. The highest BCUT2D eigenvalue weighted by atomic mass is 14.2. The fourth-order valence-corrected chi connectivity index (χ4v) is 4.32. The zero-order valence-electron chi connectivity index (χ0n) is 18.3. The summed E-state index contributed by atoms with van der Waals surface area (Å²) in [6, 6.07) is 0. The zero-order valence-corrected chi connectivity index (χ0v) is 18.3. The summed E-state index contributed by atoms with van der Waals surface area (Å²) in [5, 5.41) is 0. The van der Waals surface area contributed by atoms with Crippen LogP contribution in [0.15, 0.2) is 11.6 Å². The molecular formula is C24H48. The van der Waals surface area contributed by atoms with Gasteiger partial charge in [0.05, 0.1) is 0 Å². The maximum atomic E-state index is 2.50. The number of rotatable bonds is 14. The van der Waals surface area contributed by atoms with Gasteiger partial charge in [-0.25, -0.2) is 0 Å². The first-order valence-electron chi connectivity index (χ1n) is 11.0. The molecule has 0 nitrogen and oxygen atoms in total. The molecule has 0 heterocycles. The number of allylic oxidation sites excluding steroid dienone is 2. The van der Waals surface area contributed by atoms with Crippen LogP contribution in [0.25, 0.3) is 0 Å². The van der Waals surface area contributed by atoms with Crippen LogP contribution >= 0.6 is 0 Å². The van der Waals surface area contributed by atoms with Crippen molar-refractivity contribution in [1.29, 1.82) is 0 Å². The van der Waals surface area contributed by atoms with Gasteiger partial charge in [0.1, 0.15) is 0 Å². The smallest absolute Gasteiger partial charge is 0.0232 e. The first-order valence-corrected chi connectivity index (χ1v) is 11.0. The van der Waals surface area contributed by atoms with Crippen molar-refractivity contribution in [3.05, 3.63) is 11.6 Å². The predicted molar refractivity (Wildman–Crippen MR) is 112 cm³/mol. The lowest BCUT2D eigenvalue weighted by Gasteiger charge is -2.27. The average molecular weight is 337 g/mol. The minimum absolute atomic E-state index is 0.777. The van der Waals surface area contributed by atoms with Crippen LogP contribution in [0.5, 0.6) is 0 Å². The quantitative estimate of drug-likeness (QED) is 0.278. The van der Waals surface area contributed by atoms with Gasteiger partial charge in [-0.3, -0.25) is 0 Å². The molecule has 0 spiro atoms. The van der Waals surface area contributed by atoms with Crippen molar-refractivity contribution >= 4 is 0 Å². The highest BCUT2D eigenvalue weighted by Gasteiger charge is 2.19. The molecule has 0 fully saturated rings. The maximum Gasteiger partial charge on any atom is -0.0232 e. The van der Waals surface area contributed by atoms with E-state index in [0.717, 1.165) is 29.6 Å². The highest BCUT2D eigenvalue weighted by molar-refractivity contribution is 5.04. The summed E-state index contributed by atoms with van der Waals surface area (Å²) in [5.74, 6) is 4.36. The fourth-order valence-electron chi connectivity index (χ4n) is 4.32. The molecule has 5 unspecified atom stereocenters. The van der Waals surface area contributed by atoms with E-state index in [1.807, 2.05) is 0 Å². The topological polar surface area (TPSA) is 0 Å². The van der Waals surface area contributed by atoms with E-state index in [-0.39, 0.29) is 0 Å². The van der Waals surface area contributed by atoms with Crippen molar-refractivity contribution in [2.24, 2.45) is 29.6 Å². The van der Waals surface area contributed by atoms with E-state index in [1.165, 1.54) is 57.8 Å². The monoisotopic (exact) mass is 336 g/mol. The summed E-state index contributed by atoms with van der Waals surface area (Å²) in [7, 11) is 0. The second kappa shape index (κ2) is 14.0. The van der Waals surface area contributed by atoms with Gasteiger partial charge in [-0.15, -0.1) is 0 Å². The molecule has 0 radical (unpaired) electrons. The molecular weight excluding hydrogens is 288 g/mol. The van der Waals surface area contributed by atoms with E-state index in [9.17, 15) is 0 Å². The molecule has 0 N–H and O–H groups in total. The molecule has 0 aromatic carbocycles. The molecule has 0 bridgehead atoms. The van der Waals surface area contributed by atoms with Crippen LogP contribution in [0.1, 0.15) is 113 Å². The third-order valence-corrected chi connectivity index (χ3v) is 6.36. The normalized spacial score (nSPS) is 18.9. The van der Waals surface area contributed by atoms with Gasteiger partial charge in [-0.2, -0.15) is 0 Å². The summed E-state index contributed by atoms with van der Waals surface area (Å²) in [6.45, 7) is 19.1. The van der Waals surface area contributed by atoms with Gasteiger partial charge in [0.2, 0.25) is 0 Å². The number of hydrogen-bond donors (Lipinski definition) is 0. The molecule has 5 atom stereocenters. The van der Waals surface area contributed by atoms with Gasteiger partial charge in [0, 0.05) is 0 Å². The molecule has 0 amide bonds. The number of hydrogen-bond acceptors (Lipinski definition) is 0. The van der Waals surface area contributed by atoms with Crippen molar-refractivity contribution in [2.75, 3.05) is 0 Å². The van der Waals surface area contributed by atoms with Crippen LogP contribution in [0.2, 0.25) is 0 Å². The van der Waals surface area contributed by atoms with Gasteiger partial charge in [0.15, 0.2) is 0 Å². The maximum absolute atomic E-state index is 2.50. The van der Waals surface area contributed by atoms with E-state index >= 15 is 0 Å². The zero-order chi connectivity index (χ0) is 18.5. The first kappa shape index (κ1) is 23.7. The van der Waals surface area contributed by atoms with Crippen LogP contribution in [0.4, 0.5) is 0 Å². The lowest BCUT2D eigenvalue weighted by molar-refractivity contribution is 0.245. The predicted octanol–water partition coefficient (Wildman–Crippen LogP) is 8.66. The Labute approximate surface area is 154 Å². The van der Waals surface area contributed by atoms with Crippen molar-refractivity contribution in [3.8, 4) is 0 Å². The molecule has 0 rings (SSSR count). The van der Waals surface area contributed by atoms with Crippen molar-refractivity contribution in [3.63, 3.8) is 0 Å². The Kier molecular flexibility index (Phi) is 13.8. The third kappa shape index (κ3) is 9.90. The molecule has 0 aliphatic carbocycles. The summed E-state index contributed by atoms with van der Waals surface area (Å²) in [6.07, 6.45) is 14.7. The van der Waals surface area contributed by atoms with Crippen LogP contribution < -0.4 is 0 Å². The Balaban J connectivity index is 4.23. The minimum atomic E-state index is 0.777. The van der Waals surface area contributed by atoms with E-state index in [0.29, 0.717) is 0 Å². The summed E-state index contributed by atoms with van der Waals surface area (Å²) in [5.41, 5.74) is 1.68. The van der Waals surface area contributed by atoms with Crippen LogP contribution in [0.3, 0.4) is 0 Å². The highest BCUT2D eigenvalue weighted by Crippen LogP contribution is 2.31. The SMILES string of the molecule is CC=C(CCC)C(C)CCC(C)CC(C)C(C)CC(CC)CCC. The second-order valence-electron chi connectivity index (χ2n) is 8.69. The van der Waals surface area contributed by atoms with Gasteiger partial charge in [-0.1, -0.05) is 92.2 Å². The Bertz CT molecular complexity index is 314. The van der Waals surface area contributed by atoms with Crippen LogP contribution in [-0.2, 0) is 0 Å². The Morgan fingerprint density at radius 3 is 1.92 bits per heavy atom. The van der Waals surface area contributed by atoms with Crippen molar-refractivity contribution < 1.29 is 0 Å². The van der Waals surface area contributed by atoms with E-state index in [1.54, 1.807) is 5.57 Å². The largest absolute Gasteiger partial charge is 0.0882 e. The second-order valence-corrected chi connectivity index (χ2v) is 8.69. The van der Waals surface area contributed by atoms with Gasteiger partial charge in [0.25, 0.3) is 0 Å². The fraction of sp³-hybridized carbons (Fsp3) is 0.917. The summed E-state index contributed by atoms with van der Waals surface area (Å²) in [4.78, 5) is 0. The van der Waals surface area contributed by atoms with Gasteiger partial charge < -0.3 is 0 Å². The Morgan fingerprint density at radius 2 is 1.42 bits per heavy atom. The average Bonchev–Trinajstić information content (AvgIpc) is 2.56. The van der Waals surface area contributed by atoms with Gasteiger partial charge in [-0.05, 0) is 62.2 Å². The molecule has 0 saturated carbocycles. The molecule has 24 heavy (non-hydrogen) atoms. The third-order valence-electron chi connectivity index (χ3n) is 6.36. The van der Waals surface area contributed by atoms with Gasteiger partial charge >= 0.3 is 0 Å². The van der Waals surface area contributed by atoms with Crippen molar-refractivity contribution in [1.82, 2.24) is 0 Å². The van der Waals surface area contributed by atoms with Crippen LogP contribution in [0, 0.1) is 29.6 Å². The van der Waals surface area contributed by atoms with E-state index < -0.39 is 0 Å². The minimum Gasteiger partial charge on any atom is -0.0882 e. The Hall–Kier alpha value is -0.260. The van der Waals surface area contributed by atoms with E-state index in [2.05, 4.69) is 61.5 Å². The van der Waals surface area contributed by atoms with Crippen molar-refractivity contribution in [2.45, 2.75) is 113 Å².